The molecule has 0 saturated carbocycles. The van der Waals surface area contributed by atoms with Gasteiger partial charge in [0.05, 0.1) is 6.04 Å². The molecule has 35 heavy (non-hydrogen) atoms. The Morgan fingerprint density at radius 2 is 1.80 bits per heavy atom. The van der Waals surface area contributed by atoms with E-state index in [-0.39, 0.29) is 12.1 Å². The number of nitrogens with two attached hydrogens (primary N) is 1. The highest BCUT2D eigenvalue weighted by Gasteiger charge is 2.31. The van der Waals surface area contributed by atoms with Gasteiger partial charge in [0.1, 0.15) is 34.3 Å². The van der Waals surface area contributed by atoms with Crippen LogP contribution >= 0.6 is 0 Å². The van der Waals surface area contributed by atoms with Crippen molar-refractivity contribution in [2.75, 3.05) is 24.1 Å². The van der Waals surface area contributed by atoms with E-state index in [4.69, 9.17) is 20.3 Å². The lowest BCUT2D eigenvalue weighted by molar-refractivity contribution is -0.105. The zero-order chi connectivity index (χ0) is 25.0. The molecule has 1 atom stereocenters. The van der Waals surface area contributed by atoms with E-state index < -0.39 is 5.60 Å². The van der Waals surface area contributed by atoms with Gasteiger partial charge in [-0.1, -0.05) is 18.2 Å². The van der Waals surface area contributed by atoms with Gasteiger partial charge in [0.2, 0.25) is 6.41 Å². The molecule has 1 aliphatic rings. The predicted molar refractivity (Wildman–Crippen MR) is 134 cm³/mol. The predicted octanol–water partition coefficient (Wildman–Crippen LogP) is 5.06. The second-order valence-electron chi connectivity index (χ2n) is 9.48. The van der Waals surface area contributed by atoms with Gasteiger partial charge in [0, 0.05) is 18.7 Å². The third-order valence-electron chi connectivity index (χ3n) is 5.65. The maximum atomic E-state index is 12.6. The summed E-state index contributed by atoms with van der Waals surface area (Å²) in [7, 11) is 0. The van der Waals surface area contributed by atoms with Gasteiger partial charge in [0.25, 0.3) is 0 Å². The summed E-state index contributed by atoms with van der Waals surface area (Å²) in [6.45, 7) is 6.57. The maximum Gasteiger partial charge on any atom is 0.410 e. The van der Waals surface area contributed by atoms with Crippen LogP contribution in [0.25, 0.3) is 11.3 Å². The Hall–Kier alpha value is -4.01. The zero-order valence-corrected chi connectivity index (χ0v) is 20.2. The highest BCUT2D eigenvalue weighted by atomic mass is 16.6. The second-order valence-corrected chi connectivity index (χ2v) is 9.48. The Labute approximate surface area is 204 Å². The molecule has 1 aromatic heterocycles. The number of aromatic nitrogens is 2. The number of hydrogen-bond acceptors (Lipinski definition) is 6. The molecule has 1 fully saturated rings. The average Bonchev–Trinajstić information content (AvgIpc) is 3.16. The molecule has 4 rings (SSSR count). The van der Waals surface area contributed by atoms with E-state index in [1.54, 1.807) is 9.58 Å². The smallest absolute Gasteiger partial charge is 0.410 e. The van der Waals surface area contributed by atoms with Crippen LogP contribution in [0.4, 0.5) is 16.3 Å². The number of nitrogens with zero attached hydrogens (tertiary/aromatic N) is 3. The van der Waals surface area contributed by atoms with E-state index in [9.17, 15) is 9.59 Å². The number of likely N-dealkylation sites (tertiary alicyclic amines) is 1. The van der Waals surface area contributed by atoms with Gasteiger partial charge < -0.3 is 25.4 Å². The number of carbonyl (C=O) groups excluding carboxylic acids is 2. The van der Waals surface area contributed by atoms with Crippen LogP contribution in [0.2, 0.25) is 0 Å². The lowest BCUT2D eigenvalue weighted by Crippen LogP contribution is -2.43. The Bertz CT molecular complexity index is 1170. The quantitative estimate of drug-likeness (QED) is 0.480. The second kappa shape index (κ2) is 10.1. The first-order chi connectivity index (χ1) is 16.7. The first-order valence-electron chi connectivity index (χ1n) is 11.6. The summed E-state index contributed by atoms with van der Waals surface area (Å²) in [5, 5.41) is 7.45. The lowest BCUT2D eigenvalue weighted by Gasteiger charge is -2.34. The molecule has 0 aliphatic carbocycles. The number of nitrogen functional groups attached to an aromatic ring is 1. The highest BCUT2D eigenvalue weighted by molar-refractivity contribution is 5.89. The maximum absolute atomic E-state index is 12.6. The number of carbonyl (C=O) groups is 2. The SMILES string of the molecule is CC(C)(C)OC(=O)N1CCC[C@@H](n2nc(-c3ccc(Oc4ccccc4)cc3)c(NC=O)c2N)C1. The number of benzene rings is 2. The molecule has 0 radical (unpaired) electrons. The fraction of sp³-hybridized carbons (Fsp3) is 0.346. The van der Waals surface area contributed by atoms with Gasteiger partial charge in [0.15, 0.2) is 0 Å². The van der Waals surface area contributed by atoms with Crippen molar-refractivity contribution in [1.82, 2.24) is 14.7 Å². The summed E-state index contributed by atoms with van der Waals surface area (Å²) >= 11 is 0. The molecular weight excluding hydrogens is 446 g/mol. The average molecular weight is 478 g/mol. The summed E-state index contributed by atoms with van der Waals surface area (Å²) in [4.78, 5) is 25.6. The molecule has 2 aromatic carbocycles. The molecule has 9 heteroatoms. The molecule has 0 unspecified atom stereocenters. The topological polar surface area (TPSA) is 112 Å². The van der Waals surface area contributed by atoms with E-state index in [1.807, 2.05) is 75.4 Å². The number of nitrogens with one attached hydrogen (secondary N) is 1. The van der Waals surface area contributed by atoms with Crippen LogP contribution in [0.5, 0.6) is 11.5 Å². The Balaban J connectivity index is 1.57. The zero-order valence-electron chi connectivity index (χ0n) is 20.2. The molecule has 9 nitrogen and oxygen atoms in total. The molecule has 0 bridgehead atoms. The molecule has 3 N–H and O–H groups in total. The standard InChI is InChI=1S/C26H31N5O4/c1-26(2,3)35-25(33)30-15-7-8-19(16-30)31-24(27)23(28-17-32)22(29-31)18-11-13-21(14-12-18)34-20-9-5-4-6-10-20/h4-6,9-14,17,19H,7-8,15-16,27H2,1-3H3,(H,28,32)/t19-/m1/s1. The Morgan fingerprint density at radius 1 is 1.11 bits per heavy atom. The van der Waals surface area contributed by atoms with Crippen molar-refractivity contribution in [3.8, 4) is 22.8 Å². The van der Waals surface area contributed by atoms with Crippen LogP contribution in [0.15, 0.2) is 54.6 Å². The number of ether oxygens (including phenoxy) is 2. The van der Waals surface area contributed by atoms with Gasteiger partial charge in [-0.2, -0.15) is 5.10 Å². The minimum Gasteiger partial charge on any atom is -0.457 e. The van der Waals surface area contributed by atoms with Crippen molar-refractivity contribution in [3.05, 3.63) is 54.6 Å². The minimum atomic E-state index is -0.570. The third-order valence-corrected chi connectivity index (χ3v) is 5.65. The molecule has 184 valence electrons. The van der Waals surface area contributed by atoms with E-state index >= 15 is 0 Å². The van der Waals surface area contributed by atoms with Crippen molar-refractivity contribution >= 4 is 24.0 Å². The van der Waals surface area contributed by atoms with Gasteiger partial charge in [-0.25, -0.2) is 9.48 Å². The van der Waals surface area contributed by atoms with Crippen LogP contribution in [0.3, 0.4) is 0 Å². The van der Waals surface area contributed by atoms with Crippen molar-refractivity contribution in [2.24, 2.45) is 0 Å². The molecular formula is C26H31N5O4. The molecule has 0 spiro atoms. The molecule has 2 amide bonds. The Morgan fingerprint density at radius 3 is 2.46 bits per heavy atom. The van der Waals surface area contributed by atoms with Gasteiger partial charge in [-0.05, 0) is 70.0 Å². The first kappa shape index (κ1) is 24.1. The van der Waals surface area contributed by atoms with Crippen LogP contribution in [-0.2, 0) is 9.53 Å². The van der Waals surface area contributed by atoms with E-state index in [1.165, 1.54) is 0 Å². The number of anilines is 2. The Kier molecular flexibility index (Phi) is 6.95. The number of para-hydroxylation sites is 1. The fourth-order valence-electron chi connectivity index (χ4n) is 4.08. The van der Waals surface area contributed by atoms with Crippen LogP contribution in [0.1, 0.15) is 39.7 Å². The van der Waals surface area contributed by atoms with Gasteiger partial charge in [-0.15, -0.1) is 0 Å². The summed E-state index contributed by atoms with van der Waals surface area (Å²) in [5.41, 5.74) is 7.63. The van der Waals surface area contributed by atoms with E-state index in [0.717, 1.165) is 24.2 Å². The molecule has 1 aliphatic heterocycles. The number of amides is 2. The summed E-state index contributed by atoms with van der Waals surface area (Å²) < 4.78 is 13.1. The van der Waals surface area contributed by atoms with Crippen molar-refractivity contribution in [2.45, 2.75) is 45.3 Å². The van der Waals surface area contributed by atoms with Gasteiger partial charge >= 0.3 is 6.09 Å². The lowest BCUT2D eigenvalue weighted by atomic mass is 10.1. The van der Waals surface area contributed by atoms with Crippen molar-refractivity contribution in [1.29, 1.82) is 0 Å². The van der Waals surface area contributed by atoms with Crippen molar-refractivity contribution < 1.29 is 19.1 Å². The van der Waals surface area contributed by atoms with Crippen molar-refractivity contribution in [3.63, 3.8) is 0 Å². The summed E-state index contributed by atoms with van der Waals surface area (Å²) in [5.74, 6) is 1.76. The summed E-state index contributed by atoms with van der Waals surface area (Å²) in [6.07, 6.45) is 1.82. The third kappa shape index (κ3) is 5.74. The highest BCUT2D eigenvalue weighted by Crippen LogP contribution is 2.37. The minimum absolute atomic E-state index is 0.141. The molecule has 3 aromatic rings. The number of piperidine rings is 1. The molecule has 2 heterocycles. The van der Waals surface area contributed by atoms with Crippen LogP contribution in [-0.4, -0.2) is 45.9 Å². The van der Waals surface area contributed by atoms with E-state index in [2.05, 4.69) is 5.32 Å². The first-order valence-corrected chi connectivity index (χ1v) is 11.6. The normalized spacial score (nSPS) is 16.0. The number of hydrogen-bond donors (Lipinski definition) is 2. The van der Waals surface area contributed by atoms with Crippen LogP contribution in [0, 0.1) is 0 Å². The van der Waals surface area contributed by atoms with Gasteiger partial charge in [-0.3, -0.25) is 4.79 Å². The fourth-order valence-corrected chi connectivity index (χ4v) is 4.08. The summed E-state index contributed by atoms with van der Waals surface area (Å²) in [6, 6.07) is 16.8. The monoisotopic (exact) mass is 477 g/mol. The largest absolute Gasteiger partial charge is 0.457 e. The van der Waals surface area contributed by atoms with Crippen LogP contribution < -0.4 is 15.8 Å². The number of rotatable bonds is 6. The van der Waals surface area contributed by atoms with E-state index in [0.29, 0.717) is 42.4 Å². The molecule has 1 saturated heterocycles.